The topological polar surface area (TPSA) is 66.2 Å². The van der Waals surface area contributed by atoms with E-state index in [0.29, 0.717) is 18.2 Å². The molecule has 2 aliphatic rings. The molecule has 0 unspecified atom stereocenters. The Labute approximate surface area is 145 Å². The number of hydrogen-bond donors (Lipinski definition) is 3. The first-order chi connectivity index (χ1) is 12.3. The van der Waals surface area contributed by atoms with Crippen molar-refractivity contribution in [2.45, 2.75) is 25.5 Å². The molecule has 1 saturated heterocycles. The van der Waals surface area contributed by atoms with Crippen LogP contribution in [-0.4, -0.2) is 17.4 Å². The van der Waals surface area contributed by atoms with Crippen LogP contribution in [0.25, 0.3) is 22.2 Å². The Morgan fingerprint density at radius 1 is 1.08 bits per heavy atom. The molecule has 126 valence electrons. The van der Waals surface area contributed by atoms with E-state index in [1.807, 2.05) is 18.2 Å². The summed E-state index contributed by atoms with van der Waals surface area (Å²) >= 11 is 0. The Morgan fingerprint density at radius 3 is 2.76 bits per heavy atom. The molecule has 2 aromatic carbocycles. The zero-order valence-electron chi connectivity index (χ0n) is 13.8. The van der Waals surface area contributed by atoms with E-state index in [1.54, 1.807) is 0 Å². The van der Waals surface area contributed by atoms with Gasteiger partial charge in [-0.3, -0.25) is 9.63 Å². The van der Waals surface area contributed by atoms with Gasteiger partial charge in [-0.05, 0) is 42.6 Å². The fourth-order valence-electron chi connectivity index (χ4n) is 3.98. The zero-order valence-corrected chi connectivity index (χ0v) is 13.8. The summed E-state index contributed by atoms with van der Waals surface area (Å²) in [6.45, 7) is 1.45. The number of aromatic nitrogens is 1. The van der Waals surface area contributed by atoms with Crippen molar-refractivity contribution in [3.8, 4) is 11.3 Å². The number of aromatic amines is 1. The number of hydroxylamine groups is 1. The molecule has 0 aliphatic carbocycles. The van der Waals surface area contributed by atoms with Gasteiger partial charge in [0.2, 0.25) is 0 Å². The third-order valence-electron chi connectivity index (χ3n) is 5.22. The predicted molar refractivity (Wildman–Crippen MR) is 96.0 cm³/mol. The lowest BCUT2D eigenvalue weighted by atomic mass is 9.99. The summed E-state index contributed by atoms with van der Waals surface area (Å²) in [5, 5.41) is 4.49. The summed E-state index contributed by atoms with van der Waals surface area (Å²) in [7, 11) is 0. The van der Waals surface area contributed by atoms with Gasteiger partial charge in [-0.1, -0.05) is 30.3 Å². The highest BCUT2D eigenvalue weighted by atomic mass is 16.6. The first-order valence-corrected chi connectivity index (χ1v) is 8.71. The minimum absolute atomic E-state index is 0.197. The quantitative estimate of drug-likeness (QED) is 0.673. The Balaban J connectivity index is 1.62. The maximum atomic E-state index is 12.2. The fourth-order valence-corrected chi connectivity index (χ4v) is 3.98. The first kappa shape index (κ1) is 14.7. The van der Waals surface area contributed by atoms with E-state index < -0.39 is 0 Å². The minimum atomic E-state index is -0.197. The highest BCUT2D eigenvalue weighted by Crippen LogP contribution is 2.35. The summed E-state index contributed by atoms with van der Waals surface area (Å²) in [5.41, 5.74) is 8.60. The molecular weight excluding hydrogens is 314 g/mol. The smallest absolute Gasteiger partial charge is 0.275 e. The molecule has 1 aromatic heterocycles. The van der Waals surface area contributed by atoms with E-state index >= 15 is 0 Å². The molecule has 3 N–H and O–H groups in total. The van der Waals surface area contributed by atoms with Gasteiger partial charge in [0, 0.05) is 22.5 Å². The van der Waals surface area contributed by atoms with Crippen LogP contribution in [0.5, 0.6) is 0 Å². The van der Waals surface area contributed by atoms with E-state index in [1.165, 1.54) is 18.4 Å². The van der Waals surface area contributed by atoms with Crippen molar-refractivity contribution in [1.82, 2.24) is 15.8 Å². The lowest BCUT2D eigenvalue weighted by Gasteiger charge is -2.11. The van der Waals surface area contributed by atoms with Gasteiger partial charge < -0.3 is 10.3 Å². The number of nitrogens with one attached hydrogen (secondary N) is 3. The number of carbonyl (C=O) groups is 1. The van der Waals surface area contributed by atoms with Gasteiger partial charge in [-0.25, -0.2) is 5.48 Å². The average molecular weight is 333 g/mol. The third kappa shape index (κ3) is 2.35. The van der Waals surface area contributed by atoms with E-state index in [0.717, 1.165) is 34.3 Å². The normalized spacial score (nSPS) is 19.8. The van der Waals surface area contributed by atoms with E-state index in [9.17, 15) is 4.79 Å². The largest absolute Gasteiger partial charge is 0.354 e. The molecule has 5 nitrogen and oxygen atoms in total. The lowest BCUT2D eigenvalue weighted by molar-refractivity contribution is 0.0256. The van der Waals surface area contributed by atoms with Crippen molar-refractivity contribution >= 4 is 16.8 Å². The van der Waals surface area contributed by atoms with Gasteiger partial charge in [0.1, 0.15) is 6.61 Å². The van der Waals surface area contributed by atoms with Gasteiger partial charge in [0.05, 0.1) is 11.3 Å². The zero-order chi connectivity index (χ0) is 16.8. The summed E-state index contributed by atoms with van der Waals surface area (Å²) in [4.78, 5) is 21.0. The highest BCUT2D eigenvalue weighted by Gasteiger charge is 2.23. The fraction of sp³-hybridized carbons (Fsp3) is 0.250. The molecule has 25 heavy (non-hydrogen) atoms. The molecule has 1 amide bonds. The predicted octanol–water partition coefficient (Wildman–Crippen LogP) is 3.43. The van der Waals surface area contributed by atoms with Gasteiger partial charge in [-0.2, -0.15) is 0 Å². The highest BCUT2D eigenvalue weighted by molar-refractivity contribution is 6.09. The van der Waals surface area contributed by atoms with Crippen molar-refractivity contribution in [1.29, 1.82) is 0 Å². The Morgan fingerprint density at radius 2 is 1.96 bits per heavy atom. The summed E-state index contributed by atoms with van der Waals surface area (Å²) in [5.74, 6) is -0.197. The molecule has 1 atom stereocenters. The van der Waals surface area contributed by atoms with Crippen LogP contribution in [0.15, 0.2) is 42.5 Å². The SMILES string of the molecule is O=C1NOCc2c(-c3ccc([C@@H]4CCCN4)cc3)[nH]c3cccc1c23. The average Bonchev–Trinajstić information content (AvgIpc) is 3.26. The number of H-pyrrole nitrogens is 1. The molecule has 5 heteroatoms. The molecule has 0 saturated carbocycles. The third-order valence-corrected chi connectivity index (χ3v) is 5.22. The second-order valence-electron chi connectivity index (χ2n) is 6.70. The Bertz CT molecular complexity index is 953. The van der Waals surface area contributed by atoms with Gasteiger partial charge in [0.15, 0.2) is 0 Å². The molecule has 1 fully saturated rings. The standard InChI is InChI=1S/C20H19N3O2/c24-20-14-3-1-4-17-18(14)15(11-25-23-20)19(22-17)13-8-6-12(7-9-13)16-5-2-10-21-16/h1,3-4,6-9,16,21-22H,2,5,10-11H2,(H,23,24)/t16-/m0/s1. The van der Waals surface area contributed by atoms with Crippen molar-refractivity contribution in [2.24, 2.45) is 0 Å². The second-order valence-corrected chi connectivity index (χ2v) is 6.70. The number of amides is 1. The number of rotatable bonds is 2. The molecule has 2 aliphatic heterocycles. The van der Waals surface area contributed by atoms with E-state index in [4.69, 9.17) is 4.84 Å². The van der Waals surface area contributed by atoms with Crippen LogP contribution < -0.4 is 10.8 Å². The minimum Gasteiger partial charge on any atom is -0.354 e. The second kappa shape index (κ2) is 5.72. The van der Waals surface area contributed by atoms with Crippen LogP contribution in [0, 0.1) is 0 Å². The van der Waals surface area contributed by atoms with Crippen LogP contribution in [0.2, 0.25) is 0 Å². The van der Waals surface area contributed by atoms with Gasteiger partial charge in [0.25, 0.3) is 5.91 Å². The number of carbonyl (C=O) groups excluding carboxylic acids is 1. The van der Waals surface area contributed by atoms with Crippen LogP contribution in [0.3, 0.4) is 0 Å². The van der Waals surface area contributed by atoms with E-state index in [-0.39, 0.29) is 5.91 Å². The Kier molecular flexibility index (Phi) is 3.36. The van der Waals surface area contributed by atoms with Crippen LogP contribution in [-0.2, 0) is 11.4 Å². The first-order valence-electron chi connectivity index (χ1n) is 8.71. The van der Waals surface area contributed by atoms with Crippen LogP contribution >= 0.6 is 0 Å². The number of benzene rings is 2. The molecule has 3 aromatic rings. The molecule has 0 spiro atoms. The van der Waals surface area contributed by atoms with Crippen molar-refractivity contribution in [3.63, 3.8) is 0 Å². The summed E-state index contributed by atoms with van der Waals surface area (Å²) in [6.07, 6.45) is 2.43. The molecule has 5 rings (SSSR count). The van der Waals surface area contributed by atoms with Crippen LogP contribution in [0.1, 0.15) is 40.4 Å². The number of hydrogen-bond acceptors (Lipinski definition) is 3. The van der Waals surface area contributed by atoms with Crippen LogP contribution in [0.4, 0.5) is 0 Å². The van der Waals surface area contributed by atoms with Gasteiger partial charge >= 0.3 is 0 Å². The van der Waals surface area contributed by atoms with Crippen molar-refractivity contribution in [2.75, 3.05) is 6.54 Å². The van der Waals surface area contributed by atoms with Crippen molar-refractivity contribution < 1.29 is 9.63 Å². The maximum Gasteiger partial charge on any atom is 0.275 e. The molecular formula is C20H19N3O2. The summed E-state index contributed by atoms with van der Waals surface area (Å²) in [6, 6.07) is 14.9. The van der Waals surface area contributed by atoms with Gasteiger partial charge in [-0.15, -0.1) is 0 Å². The summed E-state index contributed by atoms with van der Waals surface area (Å²) < 4.78 is 0. The monoisotopic (exact) mass is 333 g/mol. The molecule has 3 heterocycles. The molecule has 0 radical (unpaired) electrons. The van der Waals surface area contributed by atoms with E-state index in [2.05, 4.69) is 40.0 Å². The lowest BCUT2D eigenvalue weighted by Crippen LogP contribution is -2.21. The Hall–Kier alpha value is -2.63. The maximum absolute atomic E-state index is 12.2. The molecule has 0 bridgehead atoms. The van der Waals surface area contributed by atoms with Crippen molar-refractivity contribution in [3.05, 3.63) is 59.2 Å².